The van der Waals surface area contributed by atoms with E-state index < -0.39 is 0 Å². The normalized spacial score (nSPS) is 30.0. The van der Waals surface area contributed by atoms with Gasteiger partial charge in [0.1, 0.15) is 5.60 Å². The second kappa shape index (κ2) is 6.44. The average Bonchev–Trinajstić information content (AvgIpc) is 2.87. The van der Waals surface area contributed by atoms with E-state index in [1.807, 2.05) is 0 Å². The van der Waals surface area contributed by atoms with Crippen LogP contribution in [0.25, 0.3) is 0 Å². The lowest BCUT2D eigenvalue weighted by molar-refractivity contribution is -0.0365. The zero-order valence-electron chi connectivity index (χ0n) is 13.0. The van der Waals surface area contributed by atoms with E-state index in [4.69, 9.17) is 20.0 Å². The summed E-state index contributed by atoms with van der Waals surface area (Å²) in [6.45, 7) is 0. The Kier molecular flexibility index (Phi) is 4.60. The summed E-state index contributed by atoms with van der Waals surface area (Å²) in [6.07, 6.45) is 11.4. The van der Waals surface area contributed by atoms with Crippen LogP contribution in [-0.4, -0.2) is 23.3 Å². The number of hydrogen-bond donors (Lipinski definition) is 1. The van der Waals surface area contributed by atoms with Gasteiger partial charge in [0.2, 0.25) is 11.7 Å². The molecule has 21 heavy (non-hydrogen) atoms. The third-order valence-corrected chi connectivity index (χ3v) is 5.29. The highest BCUT2D eigenvalue weighted by atomic mass is 16.5. The Morgan fingerprint density at radius 1 is 1.10 bits per heavy atom. The molecule has 118 valence electrons. The van der Waals surface area contributed by atoms with E-state index in [9.17, 15) is 0 Å². The van der Waals surface area contributed by atoms with Gasteiger partial charge in [-0.2, -0.15) is 4.98 Å². The zero-order valence-corrected chi connectivity index (χ0v) is 13.0. The Morgan fingerprint density at radius 3 is 2.48 bits per heavy atom. The third-order valence-electron chi connectivity index (χ3n) is 5.29. The van der Waals surface area contributed by atoms with E-state index in [1.54, 1.807) is 7.11 Å². The van der Waals surface area contributed by atoms with Crippen molar-refractivity contribution in [2.75, 3.05) is 7.11 Å². The summed E-state index contributed by atoms with van der Waals surface area (Å²) in [7, 11) is 1.77. The summed E-state index contributed by atoms with van der Waals surface area (Å²) in [5.41, 5.74) is 5.88. The molecule has 0 saturated heterocycles. The molecular weight excluding hydrogens is 266 g/mol. The van der Waals surface area contributed by atoms with Crippen LogP contribution in [0.2, 0.25) is 0 Å². The van der Waals surface area contributed by atoms with Crippen LogP contribution in [0.4, 0.5) is 0 Å². The van der Waals surface area contributed by atoms with Crippen molar-refractivity contribution in [3.05, 3.63) is 11.7 Å². The lowest BCUT2D eigenvalue weighted by Crippen LogP contribution is -2.32. The van der Waals surface area contributed by atoms with Gasteiger partial charge < -0.3 is 15.0 Å². The molecule has 1 aromatic heterocycles. The molecule has 0 radical (unpaired) electrons. The van der Waals surface area contributed by atoms with Crippen molar-refractivity contribution in [2.45, 2.75) is 81.8 Å². The van der Waals surface area contributed by atoms with Gasteiger partial charge in [0.15, 0.2) is 0 Å². The van der Waals surface area contributed by atoms with Crippen molar-refractivity contribution in [2.24, 2.45) is 5.73 Å². The number of nitrogens with zero attached hydrogens (tertiary/aromatic N) is 2. The van der Waals surface area contributed by atoms with Gasteiger partial charge in [-0.15, -0.1) is 0 Å². The Morgan fingerprint density at radius 2 is 1.81 bits per heavy atom. The molecule has 1 heterocycles. The SMILES string of the molecule is COC1(c2noc(C3CCCCC3N)n2)CCCCCC1. The molecule has 1 aromatic rings. The topological polar surface area (TPSA) is 74.2 Å². The molecule has 2 aliphatic carbocycles. The molecule has 0 bridgehead atoms. The second-order valence-corrected chi connectivity index (χ2v) is 6.62. The third kappa shape index (κ3) is 2.99. The van der Waals surface area contributed by atoms with Gasteiger partial charge in [-0.3, -0.25) is 0 Å². The van der Waals surface area contributed by atoms with Gasteiger partial charge in [-0.25, -0.2) is 0 Å². The Balaban J connectivity index is 1.82. The largest absolute Gasteiger partial charge is 0.370 e. The molecule has 2 N–H and O–H groups in total. The van der Waals surface area contributed by atoms with E-state index in [0.717, 1.165) is 37.4 Å². The summed E-state index contributed by atoms with van der Waals surface area (Å²) in [4.78, 5) is 4.71. The minimum absolute atomic E-state index is 0.152. The van der Waals surface area contributed by atoms with E-state index >= 15 is 0 Å². The van der Waals surface area contributed by atoms with Gasteiger partial charge in [0.05, 0.1) is 5.92 Å². The summed E-state index contributed by atoms with van der Waals surface area (Å²) in [5, 5.41) is 4.27. The lowest BCUT2D eigenvalue weighted by atomic mass is 9.85. The van der Waals surface area contributed by atoms with Gasteiger partial charge in [0, 0.05) is 13.2 Å². The molecule has 2 saturated carbocycles. The van der Waals surface area contributed by atoms with Crippen molar-refractivity contribution >= 4 is 0 Å². The summed E-state index contributed by atoms with van der Waals surface area (Å²) in [5.74, 6) is 1.68. The van der Waals surface area contributed by atoms with Crippen LogP contribution < -0.4 is 5.73 Å². The molecule has 0 aliphatic heterocycles. The van der Waals surface area contributed by atoms with Crippen molar-refractivity contribution < 1.29 is 9.26 Å². The molecule has 3 rings (SSSR count). The summed E-state index contributed by atoms with van der Waals surface area (Å²) < 4.78 is 11.4. The number of hydrogen-bond acceptors (Lipinski definition) is 5. The van der Waals surface area contributed by atoms with E-state index in [2.05, 4.69) is 5.16 Å². The Bertz CT molecular complexity index is 452. The first kappa shape index (κ1) is 15.0. The first-order valence-corrected chi connectivity index (χ1v) is 8.40. The predicted molar refractivity (Wildman–Crippen MR) is 79.9 cm³/mol. The molecular formula is C16H27N3O2. The Labute approximate surface area is 126 Å². The monoisotopic (exact) mass is 293 g/mol. The maximum absolute atomic E-state index is 6.23. The fourth-order valence-corrected chi connectivity index (χ4v) is 3.86. The minimum atomic E-state index is -0.350. The maximum atomic E-state index is 6.23. The highest BCUT2D eigenvalue weighted by molar-refractivity contribution is 5.07. The minimum Gasteiger partial charge on any atom is -0.370 e. The molecule has 0 spiro atoms. The van der Waals surface area contributed by atoms with Crippen LogP contribution in [-0.2, 0) is 10.3 Å². The zero-order chi connectivity index (χ0) is 14.7. The molecule has 2 fully saturated rings. The average molecular weight is 293 g/mol. The number of aromatic nitrogens is 2. The lowest BCUT2D eigenvalue weighted by Gasteiger charge is -2.28. The van der Waals surface area contributed by atoms with Gasteiger partial charge >= 0.3 is 0 Å². The van der Waals surface area contributed by atoms with Crippen LogP contribution in [0.3, 0.4) is 0 Å². The van der Waals surface area contributed by atoms with Crippen LogP contribution in [0.5, 0.6) is 0 Å². The summed E-state index contributed by atoms with van der Waals surface area (Å²) in [6, 6.07) is 0.152. The highest BCUT2D eigenvalue weighted by Gasteiger charge is 2.39. The molecule has 5 heteroatoms. The molecule has 2 atom stereocenters. The fourth-order valence-electron chi connectivity index (χ4n) is 3.86. The first-order valence-electron chi connectivity index (χ1n) is 8.40. The number of methoxy groups -OCH3 is 1. The Hall–Kier alpha value is -0.940. The number of ether oxygens (including phenoxy) is 1. The first-order chi connectivity index (χ1) is 10.2. The molecule has 5 nitrogen and oxygen atoms in total. The predicted octanol–water partition coefficient (Wildman–Crippen LogP) is 3.25. The molecule has 2 unspecified atom stereocenters. The highest BCUT2D eigenvalue weighted by Crippen LogP contribution is 2.39. The molecule has 2 aliphatic rings. The van der Waals surface area contributed by atoms with Crippen LogP contribution >= 0.6 is 0 Å². The van der Waals surface area contributed by atoms with Crippen molar-refractivity contribution in [1.29, 1.82) is 0 Å². The van der Waals surface area contributed by atoms with Gasteiger partial charge in [0.25, 0.3) is 0 Å². The second-order valence-electron chi connectivity index (χ2n) is 6.62. The quantitative estimate of drug-likeness (QED) is 0.866. The van der Waals surface area contributed by atoms with E-state index in [-0.39, 0.29) is 17.6 Å². The summed E-state index contributed by atoms with van der Waals surface area (Å²) >= 11 is 0. The van der Waals surface area contributed by atoms with Crippen molar-refractivity contribution in [3.63, 3.8) is 0 Å². The van der Waals surface area contributed by atoms with Crippen LogP contribution in [0, 0.1) is 0 Å². The molecule has 0 aromatic carbocycles. The fraction of sp³-hybridized carbons (Fsp3) is 0.875. The van der Waals surface area contributed by atoms with E-state index in [1.165, 1.54) is 38.5 Å². The smallest absolute Gasteiger partial charge is 0.231 e. The number of rotatable bonds is 3. The van der Waals surface area contributed by atoms with Crippen LogP contribution in [0.1, 0.15) is 81.8 Å². The van der Waals surface area contributed by atoms with Crippen LogP contribution in [0.15, 0.2) is 4.52 Å². The standard InChI is InChI=1S/C16H27N3O2/c1-20-16(10-6-2-3-7-11-16)15-18-14(21-19-15)12-8-4-5-9-13(12)17/h12-13H,2-11,17H2,1H3. The van der Waals surface area contributed by atoms with Gasteiger partial charge in [-0.05, 0) is 25.7 Å². The van der Waals surface area contributed by atoms with E-state index in [0.29, 0.717) is 0 Å². The number of nitrogens with two attached hydrogens (primary N) is 1. The van der Waals surface area contributed by atoms with Gasteiger partial charge in [-0.1, -0.05) is 43.7 Å². The molecule has 0 amide bonds. The van der Waals surface area contributed by atoms with Crippen molar-refractivity contribution in [3.8, 4) is 0 Å². The van der Waals surface area contributed by atoms with Crippen molar-refractivity contribution in [1.82, 2.24) is 10.1 Å². The maximum Gasteiger partial charge on any atom is 0.231 e.